The van der Waals surface area contributed by atoms with E-state index in [-0.39, 0.29) is 6.54 Å². The van der Waals surface area contributed by atoms with Crippen LogP contribution in [0.1, 0.15) is 27.7 Å². The van der Waals surface area contributed by atoms with E-state index in [9.17, 15) is 23.1 Å². The van der Waals surface area contributed by atoms with E-state index in [4.69, 9.17) is 4.74 Å². The molecule has 0 unspecified atom stereocenters. The van der Waals surface area contributed by atoms with E-state index < -0.39 is 42.4 Å². The summed E-state index contributed by atoms with van der Waals surface area (Å²) in [5, 5.41) is 9.21. The third-order valence-corrected chi connectivity index (χ3v) is 3.20. The lowest BCUT2D eigenvalue weighted by Gasteiger charge is -2.29. The fourth-order valence-corrected chi connectivity index (χ4v) is 2.18. The summed E-state index contributed by atoms with van der Waals surface area (Å²) < 4.78 is 43.8. The first-order valence-corrected chi connectivity index (χ1v) is 6.04. The number of halogens is 3. The molecule has 1 heterocycles. The van der Waals surface area contributed by atoms with E-state index in [2.05, 4.69) is 0 Å². The van der Waals surface area contributed by atoms with Crippen molar-refractivity contribution in [2.45, 2.75) is 39.5 Å². The number of aliphatic hydroxyl groups excluding tert-OH is 1. The first kappa shape index (κ1) is 16.1. The monoisotopic (exact) mass is 283 g/mol. The summed E-state index contributed by atoms with van der Waals surface area (Å²) in [5.74, 6) is -1.74. The molecule has 0 aromatic carbocycles. The second kappa shape index (κ2) is 4.85. The van der Waals surface area contributed by atoms with Gasteiger partial charge < -0.3 is 14.7 Å². The van der Waals surface area contributed by atoms with Crippen LogP contribution in [0.2, 0.25) is 0 Å². The van der Waals surface area contributed by atoms with Crippen molar-refractivity contribution in [3.8, 4) is 0 Å². The van der Waals surface area contributed by atoms with Crippen molar-refractivity contribution in [2.24, 2.45) is 11.3 Å². The maximum atomic E-state index is 12.9. The molecule has 0 aliphatic carbocycles. The Hall–Kier alpha value is -0.980. The standard InChI is InChI=1S/C12H20F3NO3/c1-10(2,3)19-9(18)16-5-8(12(13,14)15)11(4,6-16)7-17/h8,17H,5-7H2,1-4H3/t8-,11+/m1/s1. The van der Waals surface area contributed by atoms with Gasteiger partial charge in [-0.1, -0.05) is 6.92 Å². The summed E-state index contributed by atoms with van der Waals surface area (Å²) in [6.45, 7) is 5.00. The number of carbonyl (C=O) groups is 1. The Morgan fingerprint density at radius 1 is 1.42 bits per heavy atom. The molecule has 7 heteroatoms. The molecule has 0 radical (unpaired) electrons. The van der Waals surface area contributed by atoms with E-state index >= 15 is 0 Å². The van der Waals surface area contributed by atoms with Gasteiger partial charge in [-0.3, -0.25) is 0 Å². The smallest absolute Gasteiger partial charge is 0.410 e. The van der Waals surface area contributed by atoms with Crippen molar-refractivity contribution in [3.63, 3.8) is 0 Å². The topological polar surface area (TPSA) is 49.8 Å². The van der Waals surface area contributed by atoms with Crippen molar-refractivity contribution >= 4 is 6.09 Å². The van der Waals surface area contributed by atoms with Gasteiger partial charge in [0.25, 0.3) is 0 Å². The number of carbonyl (C=O) groups excluding carboxylic acids is 1. The molecule has 1 aliphatic rings. The number of aliphatic hydroxyl groups is 1. The number of ether oxygens (including phenoxy) is 1. The predicted octanol–water partition coefficient (Wildman–Crippen LogP) is 2.41. The predicted molar refractivity (Wildman–Crippen MR) is 62.5 cm³/mol. The zero-order valence-electron chi connectivity index (χ0n) is 11.5. The van der Waals surface area contributed by atoms with Crippen LogP contribution in [-0.4, -0.2) is 47.6 Å². The average molecular weight is 283 g/mol. The van der Waals surface area contributed by atoms with Crippen molar-refractivity contribution in [1.29, 1.82) is 0 Å². The highest BCUT2D eigenvalue weighted by Gasteiger charge is 2.57. The third kappa shape index (κ3) is 3.75. The summed E-state index contributed by atoms with van der Waals surface area (Å²) in [6.07, 6.45) is -5.23. The molecule has 1 saturated heterocycles. The van der Waals surface area contributed by atoms with Crippen LogP contribution in [0.15, 0.2) is 0 Å². The Morgan fingerprint density at radius 2 is 1.95 bits per heavy atom. The van der Waals surface area contributed by atoms with Crippen molar-refractivity contribution < 1.29 is 27.8 Å². The molecule has 0 saturated carbocycles. The molecular formula is C12H20F3NO3. The molecule has 112 valence electrons. The average Bonchev–Trinajstić information content (AvgIpc) is 2.54. The molecule has 1 amide bonds. The van der Waals surface area contributed by atoms with Gasteiger partial charge in [-0.2, -0.15) is 13.2 Å². The largest absolute Gasteiger partial charge is 0.444 e. The molecule has 1 fully saturated rings. The molecule has 0 spiro atoms. The normalized spacial score (nSPS) is 28.6. The molecule has 2 atom stereocenters. The number of alkyl halides is 3. The minimum absolute atomic E-state index is 0.164. The van der Waals surface area contributed by atoms with Crippen LogP contribution in [-0.2, 0) is 4.74 Å². The number of likely N-dealkylation sites (tertiary alicyclic amines) is 1. The van der Waals surface area contributed by atoms with Gasteiger partial charge in [0.15, 0.2) is 0 Å². The van der Waals surface area contributed by atoms with Crippen LogP contribution in [0.25, 0.3) is 0 Å². The second-order valence-corrected chi connectivity index (χ2v) is 6.27. The quantitative estimate of drug-likeness (QED) is 0.804. The molecule has 0 aromatic heterocycles. The molecular weight excluding hydrogens is 263 g/mol. The van der Waals surface area contributed by atoms with Gasteiger partial charge in [0, 0.05) is 18.5 Å². The van der Waals surface area contributed by atoms with Gasteiger partial charge in [-0.05, 0) is 20.8 Å². The Morgan fingerprint density at radius 3 is 2.26 bits per heavy atom. The molecule has 1 rings (SSSR count). The first-order chi connectivity index (χ1) is 8.39. The van der Waals surface area contributed by atoms with Crippen molar-refractivity contribution in [3.05, 3.63) is 0 Å². The fourth-order valence-electron chi connectivity index (χ4n) is 2.18. The minimum atomic E-state index is -4.45. The minimum Gasteiger partial charge on any atom is -0.444 e. The lowest BCUT2D eigenvalue weighted by molar-refractivity contribution is -0.197. The summed E-state index contributed by atoms with van der Waals surface area (Å²) in [5.41, 5.74) is -2.14. The van der Waals surface area contributed by atoms with E-state index in [0.29, 0.717) is 0 Å². The van der Waals surface area contributed by atoms with Gasteiger partial charge >= 0.3 is 12.3 Å². The Bertz CT molecular complexity index is 351. The van der Waals surface area contributed by atoms with E-state index in [1.54, 1.807) is 20.8 Å². The van der Waals surface area contributed by atoms with E-state index in [1.165, 1.54) is 6.92 Å². The van der Waals surface area contributed by atoms with Crippen LogP contribution >= 0.6 is 0 Å². The highest BCUT2D eigenvalue weighted by molar-refractivity contribution is 5.68. The zero-order valence-corrected chi connectivity index (χ0v) is 11.5. The zero-order chi connectivity index (χ0) is 15.1. The van der Waals surface area contributed by atoms with Crippen LogP contribution in [0.5, 0.6) is 0 Å². The Kier molecular flexibility index (Phi) is 4.10. The van der Waals surface area contributed by atoms with Gasteiger partial charge in [0.1, 0.15) is 5.60 Å². The number of nitrogens with zero attached hydrogens (tertiary/aromatic N) is 1. The molecule has 0 aromatic rings. The molecule has 0 bridgehead atoms. The molecule has 1 N–H and O–H groups in total. The Labute approximate surface area is 110 Å². The Balaban J connectivity index is 2.85. The van der Waals surface area contributed by atoms with E-state index in [1.807, 2.05) is 0 Å². The third-order valence-electron chi connectivity index (χ3n) is 3.20. The van der Waals surface area contributed by atoms with Gasteiger partial charge in [-0.25, -0.2) is 4.79 Å². The van der Waals surface area contributed by atoms with Crippen LogP contribution in [0, 0.1) is 11.3 Å². The number of hydrogen-bond donors (Lipinski definition) is 1. The summed E-state index contributed by atoms with van der Waals surface area (Å²) in [4.78, 5) is 12.8. The summed E-state index contributed by atoms with van der Waals surface area (Å²) in [7, 11) is 0. The first-order valence-electron chi connectivity index (χ1n) is 6.04. The number of rotatable bonds is 1. The van der Waals surface area contributed by atoms with Gasteiger partial charge in [0.05, 0.1) is 12.5 Å². The lowest BCUT2D eigenvalue weighted by atomic mass is 9.80. The second-order valence-electron chi connectivity index (χ2n) is 6.27. The maximum absolute atomic E-state index is 12.9. The summed E-state index contributed by atoms with van der Waals surface area (Å²) in [6, 6.07) is 0. The van der Waals surface area contributed by atoms with Crippen molar-refractivity contribution in [1.82, 2.24) is 4.90 Å². The highest BCUT2D eigenvalue weighted by atomic mass is 19.4. The van der Waals surface area contributed by atoms with Gasteiger partial charge in [0.2, 0.25) is 0 Å². The lowest BCUT2D eigenvalue weighted by Crippen LogP contribution is -2.39. The van der Waals surface area contributed by atoms with E-state index in [0.717, 1.165) is 4.90 Å². The van der Waals surface area contributed by atoms with Crippen molar-refractivity contribution in [2.75, 3.05) is 19.7 Å². The molecule has 19 heavy (non-hydrogen) atoms. The van der Waals surface area contributed by atoms with Crippen LogP contribution < -0.4 is 0 Å². The highest BCUT2D eigenvalue weighted by Crippen LogP contribution is 2.45. The molecule has 1 aliphatic heterocycles. The van der Waals surface area contributed by atoms with Crippen LogP contribution in [0.3, 0.4) is 0 Å². The SMILES string of the molecule is CC(C)(C)OC(=O)N1C[C@@H](C(F)(F)F)[C@](C)(CO)C1. The number of amides is 1. The van der Waals surface area contributed by atoms with Crippen LogP contribution in [0.4, 0.5) is 18.0 Å². The number of hydrogen-bond acceptors (Lipinski definition) is 3. The maximum Gasteiger partial charge on any atom is 0.410 e. The fraction of sp³-hybridized carbons (Fsp3) is 0.917. The molecule has 4 nitrogen and oxygen atoms in total. The van der Waals surface area contributed by atoms with Gasteiger partial charge in [-0.15, -0.1) is 0 Å². The summed E-state index contributed by atoms with van der Waals surface area (Å²) >= 11 is 0.